The van der Waals surface area contributed by atoms with Crippen molar-refractivity contribution in [2.75, 3.05) is 38.0 Å². The van der Waals surface area contributed by atoms with E-state index in [1.165, 1.54) is 43.3 Å². The van der Waals surface area contributed by atoms with Gasteiger partial charge in [-0.1, -0.05) is 67.5 Å². The molecule has 0 aliphatic heterocycles. The van der Waals surface area contributed by atoms with Crippen molar-refractivity contribution in [3.05, 3.63) is 82.9 Å². The molecule has 4 aromatic rings. The van der Waals surface area contributed by atoms with Crippen LogP contribution in [0.3, 0.4) is 0 Å². The molecule has 4 rings (SSSR count). The summed E-state index contributed by atoms with van der Waals surface area (Å²) in [7, 11) is 0. The molecular formula is C33H42ClN5OS. The van der Waals surface area contributed by atoms with E-state index in [-0.39, 0.29) is 11.2 Å². The predicted octanol–water partition coefficient (Wildman–Crippen LogP) is 7.36. The molecule has 1 unspecified atom stereocenters. The number of benzene rings is 3. The molecule has 218 valence electrons. The minimum atomic E-state index is -0.376. The van der Waals surface area contributed by atoms with Crippen molar-refractivity contribution >= 4 is 46.0 Å². The normalized spacial score (nSPS) is 12.2. The van der Waals surface area contributed by atoms with Crippen molar-refractivity contribution in [3.8, 4) is 5.69 Å². The van der Waals surface area contributed by atoms with Crippen molar-refractivity contribution in [2.45, 2.75) is 57.4 Å². The van der Waals surface area contributed by atoms with Crippen LogP contribution in [0, 0.1) is 6.92 Å². The molecule has 8 heteroatoms. The second-order valence-electron chi connectivity index (χ2n) is 10.5. The van der Waals surface area contributed by atoms with Gasteiger partial charge in [-0.2, -0.15) is 0 Å². The van der Waals surface area contributed by atoms with Gasteiger partial charge < -0.3 is 15.5 Å². The SMILES string of the molecule is CCCN(CCC)CCNCCc1ccc(-n2c(SC(C)C(=O)Nc3ccc(C)cc3Cl)nc3ccccc32)cc1. The number of fused-ring (bicyclic) bond motifs is 1. The van der Waals surface area contributed by atoms with E-state index < -0.39 is 0 Å². The fourth-order valence-corrected chi connectivity index (χ4v) is 6.10. The van der Waals surface area contributed by atoms with Gasteiger partial charge in [-0.3, -0.25) is 9.36 Å². The van der Waals surface area contributed by atoms with Gasteiger partial charge in [0.25, 0.3) is 0 Å². The van der Waals surface area contributed by atoms with Crippen LogP contribution in [0.4, 0.5) is 5.69 Å². The first-order valence-corrected chi connectivity index (χ1v) is 15.9. The van der Waals surface area contributed by atoms with Crippen LogP contribution in [0.25, 0.3) is 16.7 Å². The second kappa shape index (κ2) is 15.4. The molecule has 0 bridgehead atoms. The Morgan fingerprint density at radius 3 is 2.44 bits per heavy atom. The van der Waals surface area contributed by atoms with Gasteiger partial charge in [-0.15, -0.1) is 0 Å². The monoisotopic (exact) mass is 591 g/mol. The molecule has 0 aliphatic rings. The number of nitrogens with zero attached hydrogens (tertiary/aromatic N) is 3. The minimum absolute atomic E-state index is 0.116. The van der Waals surface area contributed by atoms with Gasteiger partial charge in [-0.05, 0) is 100 Å². The summed E-state index contributed by atoms with van der Waals surface area (Å²) in [4.78, 5) is 20.5. The molecule has 0 aliphatic carbocycles. The molecule has 2 N–H and O–H groups in total. The lowest BCUT2D eigenvalue weighted by molar-refractivity contribution is -0.115. The van der Waals surface area contributed by atoms with Crippen LogP contribution in [0.2, 0.25) is 5.02 Å². The molecule has 3 aromatic carbocycles. The first kappa shape index (κ1) is 31.1. The summed E-state index contributed by atoms with van der Waals surface area (Å²) in [5.41, 5.74) is 5.91. The third kappa shape index (κ3) is 8.58. The Balaban J connectivity index is 1.41. The third-order valence-corrected chi connectivity index (χ3v) is 8.40. The maximum absolute atomic E-state index is 13.1. The lowest BCUT2D eigenvalue weighted by atomic mass is 10.1. The molecule has 0 fully saturated rings. The van der Waals surface area contributed by atoms with Crippen LogP contribution < -0.4 is 10.6 Å². The maximum Gasteiger partial charge on any atom is 0.237 e. The van der Waals surface area contributed by atoms with E-state index in [2.05, 4.69) is 64.3 Å². The summed E-state index contributed by atoms with van der Waals surface area (Å²) in [6, 6.07) is 22.4. The number of hydrogen-bond donors (Lipinski definition) is 2. The fraction of sp³-hybridized carbons (Fsp3) is 0.394. The molecule has 1 amide bonds. The Hall–Kier alpha value is -2.84. The van der Waals surface area contributed by atoms with Gasteiger partial charge in [0.15, 0.2) is 5.16 Å². The van der Waals surface area contributed by atoms with E-state index in [0.29, 0.717) is 10.7 Å². The highest BCUT2D eigenvalue weighted by atomic mass is 35.5. The summed E-state index contributed by atoms with van der Waals surface area (Å²) in [6.07, 6.45) is 3.38. The van der Waals surface area contributed by atoms with Crippen molar-refractivity contribution in [1.29, 1.82) is 0 Å². The summed E-state index contributed by atoms with van der Waals surface area (Å²) in [5, 5.41) is 7.51. The zero-order chi connectivity index (χ0) is 29.2. The van der Waals surface area contributed by atoms with Gasteiger partial charge in [0.05, 0.1) is 27.0 Å². The number of carbonyl (C=O) groups is 1. The average Bonchev–Trinajstić information content (AvgIpc) is 3.32. The maximum atomic E-state index is 13.1. The van der Waals surface area contributed by atoms with Crippen molar-refractivity contribution < 1.29 is 4.79 Å². The Labute approximate surface area is 253 Å². The Morgan fingerprint density at radius 2 is 1.73 bits per heavy atom. The number of rotatable bonds is 15. The van der Waals surface area contributed by atoms with Gasteiger partial charge >= 0.3 is 0 Å². The van der Waals surface area contributed by atoms with Gasteiger partial charge in [0.2, 0.25) is 5.91 Å². The highest BCUT2D eigenvalue weighted by molar-refractivity contribution is 8.00. The van der Waals surface area contributed by atoms with Crippen LogP contribution in [0.15, 0.2) is 71.9 Å². The van der Waals surface area contributed by atoms with E-state index in [1.807, 2.05) is 50.2 Å². The molecule has 41 heavy (non-hydrogen) atoms. The number of aryl methyl sites for hydroxylation is 1. The smallest absolute Gasteiger partial charge is 0.237 e. The fourth-order valence-electron chi connectivity index (χ4n) is 4.87. The molecule has 1 aromatic heterocycles. The van der Waals surface area contributed by atoms with Crippen LogP contribution in [-0.2, 0) is 11.2 Å². The molecular weight excluding hydrogens is 550 g/mol. The van der Waals surface area contributed by atoms with E-state index in [9.17, 15) is 4.79 Å². The molecule has 6 nitrogen and oxygen atoms in total. The van der Waals surface area contributed by atoms with Crippen LogP contribution >= 0.6 is 23.4 Å². The van der Waals surface area contributed by atoms with Gasteiger partial charge in [0, 0.05) is 18.8 Å². The summed E-state index contributed by atoms with van der Waals surface area (Å²) >= 11 is 7.79. The zero-order valence-electron chi connectivity index (χ0n) is 24.6. The number of thioether (sulfide) groups is 1. The first-order chi connectivity index (χ1) is 19.9. The average molecular weight is 592 g/mol. The number of halogens is 1. The number of hydrogen-bond acceptors (Lipinski definition) is 5. The number of para-hydroxylation sites is 2. The summed E-state index contributed by atoms with van der Waals surface area (Å²) < 4.78 is 2.14. The minimum Gasteiger partial charge on any atom is -0.324 e. The predicted molar refractivity (Wildman–Crippen MR) is 175 cm³/mol. The zero-order valence-corrected chi connectivity index (χ0v) is 26.2. The number of imidazole rings is 1. The second-order valence-corrected chi connectivity index (χ2v) is 12.2. The standard InChI is InChI=1S/C33H42ClN5OS/c1-5-20-38(21-6-2)22-19-35-18-17-26-12-14-27(15-13-26)39-31-10-8-7-9-30(31)37-33(39)41-25(4)32(40)36-29-16-11-24(3)23-28(29)34/h7-16,23,25,35H,5-6,17-22H2,1-4H3,(H,36,40). The lowest BCUT2D eigenvalue weighted by Crippen LogP contribution is -2.34. The summed E-state index contributed by atoms with van der Waals surface area (Å²) in [6.45, 7) is 13.8. The van der Waals surface area contributed by atoms with E-state index in [1.54, 1.807) is 0 Å². The number of anilines is 1. The lowest BCUT2D eigenvalue weighted by Gasteiger charge is -2.21. The third-order valence-electron chi connectivity index (χ3n) is 7.03. The van der Waals surface area contributed by atoms with Crippen LogP contribution in [0.5, 0.6) is 0 Å². The number of nitrogens with one attached hydrogen (secondary N) is 2. The van der Waals surface area contributed by atoms with Crippen molar-refractivity contribution in [2.24, 2.45) is 0 Å². The molecule has 0 saturated carbocycles. The highest BCUT2D eigenvalue weighted by Gasteiger charge is 2.21. The molecule has 0 saturated heterocycles. The first-order valence-electron chi connectivity index (χ1n) is 14.6. The van der Waals surface area contributed by atoms with Gasteiger partial charge in [0.1, 0.15) is 0 Å². The van der Waals surface area contributed by atoms with Crippen LogP contribution in [-0.4, -0.2) is 58.3 Å². The number of carbonyl (C=O) groups excluding carboxylic acids is 1. The van der Waals surface area contributed by atoms with E-state index >= 15 is 0 Å². The van der Waals surface area contributed by atoms with E-state index in [4.69, 9.17) is 16.6 Å². The largest absolute Gasteiger partial charge is 0.324 e. The Morgan fingerprint density at radius 1 is 1.00 bits per heavy atom. The van der Waals surface area contributed by atoms with Crippen LogP contribution in [0.1, 0.15) is 44.7 Å². The van der Waals surface area contributed by atoms with E-state index in [0.717, 1.165) is 53.5 Å². The Kier molecular flexibility index (Phi) is 11.7. The highest BCUT2D eigenvalue weighted by Crippen LogP contribution is 2.32. The molecule has 1 atom stereocenters. The molecule has 1 heterocycles. The molecule has 0 radical (unpaired) electrons. The van der Waals surface area contributed by atoms with Crippen molar-refractivity contribution in [1.82, 2.24) is 19.8 Å². The number of aromatic nitrogens is 2. The molecule has 0 spiro atoms. The summed E-state index contributed by atoms with van der Waals surface area (Å²) in [5.74, 6) is -0.116. The quantitative estimate of drug-likeness (QED) is 0.112. The Bertz CT molecular complexity index is 1420. The van der Waals surface area contributed by atoms with Gasteiger partial charge in [-0.25, -0.2) is 4.98 Å². The topological polar surface area (TPSA) is 62.2 Å². The number of amides is 1. The van der Waals surface area contributed by atoms with Crippen molar-refractivity contribution in [3.63, 3.8) is 0 Å².